The summed E-state index contributed by atoms with van der Waals surface area (Å²) in [6.07, 6.45) is 2.04. The molecule has 0 radical (unpaired) electrons. The van der Waals surface area contributed by atoms with Gasteiger partial charge in [0.15, 0.2) is 0 Å². The van der Waals surface area contributed by atoms with Gasteiger partial charge in [0.1, 0.15) is 17.5 Å². The molecule has 24 heavy (non-hydrogen) atoms. The summed E-state index contributed by atoms with van der Waals surface area (Å²) in [6, 6.07) is 8.61. The van der Waals surface area contributed by atoms with Crippen LogP contribution in [0, 0.1) is 0 Å². The second kappa shape index (κ2) is 8.31. The zero-order chi connectivity index (χ0) is 17.5. The Morgan fingerprint density at radius 1 is 1.17 bits per heavy atom. The van der Waals surface area contributed by atoms with E-state index >= 15 is 0 Å². The highest BCUT2D eigenvalue weighted by atomic mass is 16.5. The minimum absolute atomic E-state index is 0.312. The van der Waals surface area contributed by atoms with Crippen molar-refractivity contribution in [1.29, 1.82) is 0 Å². The zero-order valence-electron chi connectivity index (χ0n) is 14.1. The van der Waals surface area contributed by atoms with Crippen molar-refractivity contribution in [2.24, 2.45) is 5.73 Å². The normalized spacial score (nSPS) is 11.7. The van der Waals surface area contributed by atoms with E-state index in [2.05, 4.69) is 4.98 Å². The summed E-state index contributed by atoms with van der Waals surface area (Å²) in [5.41, 5.74) is 8.23. The van der Waals surface area contributed by atoms with Crippen LogP contribution in [0.3, 0.4) is 0 Å². The Bertz CT molecular complexity index is 664. The summed E-state index contributed by atoms with van der Waals surface area (Å²) in [5, 5.41) is 0. The summed E-state index contributed by atoms with van der Waals surface area (Å²) >= 11 is 0. The van der Waals surface area contributed by atoms with Gasteiger partial charge in [0.2, 0.25) is 0 Å². The molecule has 2 aromatic rings. The first-order chi connectivity index (χ1) is 11.6. The van der Waals surface area contributed by atoms with Crippen molar-refractivity contribution in [2.45, 2.75) is 19.4 Å². The maximum absolute atomic E-state index is 11.6. The summed E-state index contributed by atoms with van der Waals surface area (Å²) in [7, 11) is 3.22. The third-order valence-corrected chi connectivity index (χ3v) is 3.56. The summed E-state index contributed by atoms with van der Waals surface area (Å²) in [6.45, 7) is 2.06. The molecule has 2 N–H and O–H groups in total. The smallest absolute Gasteiger partial charge is 0.323 e. The van der Waals surface area contributed by atoms with Gasteiger partial charge in [-0.3, -0.25) is 9.78 Å². The van der Waals surface area contributed by atoms with Gasteiger partial charge in [-0.05, 0) is 25.1 Å². The van der Waals surface area contributed by atoms with Crippen LogP contribution in [0.15, 0.2) is 36.5 Å². The van der Waals surface area contributed by atoms with Gasteiger partial charge in [0, 0.05) is 23.9 Å². The Kier molecular flexibility index (Phi) is 6.14. The van der Waals surface area contributed by atoms with Crippen molar-refractivity contribution < 1.29 is 19.0 Å². The fourth-order valence-corrected chi connectivity index (χ4v) is 2.39. The SMILES string of the molecule is CCOC(=O)C(N)Cc1ccc(-c2c(OC)cccc2OC)cn1. The first kappa shape index (κ1) is 17.7. The van der Waals surface area contributed by atoms with Crippen LogP contribution in [0.5, 0.6) is 11.5 Å². The molecule has 128 valence electrons. The predicted molar refractivity (Wildman–Crippen MR) is 91.1 cm³/mol. The molecule has 0 saturated heterocycles. The average molecular weight is 330 g/mol. The van der Waals surface area contributed by atoms with Gasteiger partial charge in [0.05, 0.1) is 26.4 Å². The third-order valence-electron chi connectivity index (χ3n) is 3.56. The fraction of sp³-hybridized carbons (Fsp3) is 0.333. The molecule has 0 aliphatic rings. The standard InChI is InChI=1S/C18H22N2O4/c1-4-24-18(21)14(19)10-13-9-8-12(11-20-13)17-15(22-2)6-5-7-16(17)23-3/h5-9,11,14H,4,10,19H2,1-3H3. The summed E-state index contributed by atoms with van der Waals surface area (Å²) in [4.78, 5) is 16.0. The zero-order valence-corrected chi connectivity index (χ0v) is 14.1. The second-order valence-corrected chi connectivity index (χ2v) is 5.14. The topological polar surface area (TPSA) is 83.7 Å². The quantitative estimate of drug-likeness (QED) is 0.784. The molecule has 1 aromatic heterocycles. The van der Waals surface area contributed by atoms with Gasteiger partial charge in [0.25, 0.3) is 0 Å². The van der Waals surface area contributed by atoms with Crippen LogP contribution in [-0.2, 0) is 16.0 Å². The number of hydrogen-bond acceptors (Lipinski definition) is 6. The van der Waals surface area contributed by atoms with E-state index in [1.165, 1.54) is 0 Å². The van der Waals surface area contributed by atoms with Crippen molar-refractivity contribution >= 4 is 5.97 Å². The number of esters is 1. The van der Waals surface area contributed by atoms with Crippen LogP contribution >= 0.6 is 0 Å². The van der Waals surface area contributed by atoms with Gasteiger partial charge >= 0.3 is 5.97 Å². The summed E-state index contributed by atoms with van der Waals surface area (Å²) < 4.78 is 15.7. The van der Waals surface area contributed by atoms with E-state index in [9.17, 15) is 4.79 Å². The van der Waals surface area contributed by atoms with E-state index in [1.807, 2.05) is 30.3 Å². The number of nitrogens with zero attached hydrogens (tertiary/aromatic N) is 1. The van der Waals surface area contributed by atoms with E-state index in [4.69, 9.17) is 19.9 Å². The van der Waals surface area contributed by atoms with Crippen LogP contribution < -0.4 is 15.2 Å². The fourth-order valence-electron chi connectivity index (χ4n) is 2.39. The maximum Gasteiger partial charge on any atom is 0.323 e. The highest BCUT2D eigenvalue weighted by molar-refractivity contribution is 5.77. The van der Waals surface area contributed by atoms with Crippen molar-refractivity contribution in [3.8, 4) is 22.6 Å². The van der Waals surface area contributed by atoms with Crippen LogP contribution in [0.2, 0.25) is 0 Å². The molecular formula is C18H22N2O4. The van der Waals surface area contributed by atoms with Gasteiger partial charge in [-0.25, -0.2) is 0 Å². The monoisotopic (exact) mass is 330 g/mol. The number of carbonyl (C=O) groups excluding carboxylic acids is 1. The maximum atomic E-state index is 11.6. The van der Waals surface area contributed by atoms with Crippen molar-refractivity contribution in [3.63, 3.8) is 0 Å². The first-order valence-corrected chi connectivity index (χ1v) is 7.69. The highest BCUT2D eigenvalue weighted by Gasteiger charge is 2.17. The number of ether oxygens (including phenoxy) is 3. The van der Waals surface area contributed by atoms with E-state index in [0.29, 0.717) is 30.2 Å². The Hall–Kier alpha value is -2.60. The predicted octanol–water partition coefficient (Wildman–Crippen LogP) is 2.20. The van der Waals surface area contributed by atoms with E-state index in [1.54, 1.807) is 27.3 Å². The summed E-state index contributed by atoms with van der Waals surface area (Å²) in [5.74, 6) is 0.981. The average Bonchev–Trinajstić information content (AvgIpc) is 2.61. The lowest BCUT2D eigenvalue weighted by Crippen LogP contribution is -2.34. The third kappa shape index (κ3) is 4.02. The van der Waals surface area contributed by atoms with Crippen LogP contribution in [-0.4, -0.2) is 37.8 Å². The van der Waals surface area contributed by atoms with E-state index in [-0.39, 0.29) is 0 Å². The Morgan fingerprint density at radius 2 is 1.83 bits per heavy atom. The molecule has 1 atom stereocenters. The first-order valence-electron chi connectivity index (χ1n) is 7.69. The molecule has 0 aliphatic carbocycles. The minimum atomic E-state index is -0.718. The van der Waals surface area contributed by atoms with Crippen LogP contribution in [0.1, 0.15) is 12.6 Å². The molecule has 0 amide bonds. The number of rotatable bonds is 7. The van der Waals surface area contributed by atoms with Gasteiger partial charge in [-0.2, -0.15) is 0 Å². The minimum Gasteiger partial charge on any atom is -0.496 e. The van der Waals surface area contributed by atoms with Gasteiger partial charge in [-0.1, -0.05) is 12.1 Å². The van der Waals surface area contributed by atoms with Crippen molar-refractivity contribution in [2.75, 3.05) is 20.8 Å². The largest absolute Gasteiger partial charge is 0.496 e. The number of carbonyl (C=O) groups is 1. The number of methoxy groups -OCH3 is 2. The van der Waals surface area contributed by atoms with Crippen molar-refractivity contribution in [3.05, 3.63) is 42.2 Å². The van der Waals surface area contributed by atoms with E-state index < -0.39 is 12.0 Å². The lowest BCUT2D eigenvalue weighted by molar-refractivity contribution is -0.144. The van der Waals surface area contributed by atoms with Gasteiger partial charge < -0.3 is 19.9 Å². The lowest BCUT2D eigenvalue weighted by Gasteiger charge is -2.14. The van der Waals surface area contributed by atoms with E-state index in [0.717, 1.165) is 11.1 Å². The Morgan fingerprint density at radius 3 is 2.33 bits per heavy atom. The lowest BCUT2D eigenvalue weighted by atomic mass is 10.0. The van der Waals surface area contributed by atoms with Crippen LogP contribution in [0.25, 0.3) is 11.1 Å². The van der Waals surface area contributed by atoms with Gasteiger partial charge in [-0.15, -0.1) is 0 Å². The second-order valence-electron chi connectivity index (χ2n) is 5.14. The molecule has 2 rings (SSSR count). The van der Waals surface area contributed by atoms with Crippen LogP contribution in [0.4, 0.5) is 0 Å². The van der Waals surface area contributed by atoms with Crippen molar-refractivity contribution in [1.82, 2.24) is 4.98 Å². The molecule has 1 aromatic carbocycles. The molecule has 1 heterocycles. The number of hydrogen-bond donors (Lipinski definition) is 1. The number of nitrogens with two attached hydrogens (primary N) is 1. The molecule has 1 unspecified atom stereocenters. The molecule has 0 saturated carbocycles. The molecule has 0 bridgehead atoms. The molecule has 0 spiro atoms. The molecule has 0 aliphatic heterocycles. The Labute approximate surface area is 141 Å². The molecule has 6 nitrogen and oxygen atoms in total. The number of benzene rings is 1. The molecular weight excluding hydrogens is 308 g/mol. The number of pyridine rings is 1. The number of aromatic nitrogens is 1. The Balaban J connectivity index is 2.23. The molecule has 6 heteroatoms. The molecule has 0 fully saturated rings. The highest BCUT2D eigenvalue weighted by Crippen LogP contribution is 2.37.